The predicted molar refractivity (Wildman–Crippen MR) is 66.3 cm³/mol. The van der Waals surface area contributed by atoms with Crippen molar-refractivity contribution in [1.29, 1.82) is 0 Å². The van der Waals surface area contributed by atoms with E-state index in [1.54, 1.807) is 7.11 Å². The van der Waals surface area contributed by atoms with Crippen LogP contribution in [0.1, 0.15) is 18.9 Å². The Kier molecular flexibility index (Phi) is 6.53. The smallest absolute Gasteiger partial charge is 0.0587 e. The summed E-state index contributed by atoms with van der Waals surface area (Å²) in [6.07, 6.45) is 9.24. The minimum absolute atomic E-state index is 0.771. The molecule has 90 valence electrons. The molecule has 1 heterocycles. The standard InChI is InChI=1S/C12H21N3O/c1-3-15-11-12(10-14-15)6-4-5-7-13-8-9-16-2/h4,6,10-11,13H,3,5,7-9H2,1-2H3. The van der Waals surface area contributed by atoms with Gasteiger partial charge in [-0.15, -0.1) is 0 Å². The van der Waals surface area contributed by atoms with Crippen LogP contribution in [0.3, 0.4) is 0 Å². The fourth-order valence-electron chi connectivity index (χ4n) is 1.34. The quantitative estimate of drug-likeness (QED) is 0.679. The Morgan fingerprint density at radius 2 is 2.38 bits per heavy atom. The molecule has 0 saturated heterocycles. The Labute approximate surface area is 97.3 Å². The van der Waals surface area contributed by atoms with Crippen LogP contribution in [-0.2, 0) is 11.3 Å². The molecular formula is C12H21N3O. The van der Waals surface area contributed by atoms with Crippen molar-refractivity contribution in [1.82, 2.24) is 15.1 Å². The number of ether oxygens (including phenoxy) is 1. The van der Waals surface area contributed by atoms with Crippen LogP contribution < -0.4 is 5.32 Å². The zero-order valence-corrected chi connectivity index (χ0v) is 10.1. The van der Waals surface area contributed by atoms with Gasteiger partial charge in [0.1, 0.15) is 0 Å². The highest BCUT2D eigenvalue weighted by Crippen LogP contribution is 2.00. The Morgan fingerprint density at radius 1 is 1.50 bits per heavy atom. The van der Waals surface area contributed by atoms with E-state index in [1.807, 2.05) is 10.9 Å². The van der Waals surface area contributed by atoms with Crippen molar-refractivity contribution >= 4 is 6.08 Å². The maximum atomic E-state index is 4.94. The molecule has 1 aromatic heterocycles. The number of methoxy groups -OCH3 is 1. The van der Waals surface area contributed by atoms with Crippen molar-refractivity contribution in [3.63, 3.8) is 0 Å². The topological polar surface area (TPSA) is 39.1 Å². The molecule has 0 aliphatic carbocycles. The summed E-state index contributed by atoms with van der Waals surface area (Å²) in [4.78, 5) is 0. The fraction of sp³-hybridized carbons (Fsp3) is 0.583. The third-order valence-corrected chi connectivity index (χ3v) is 2.26. The average Bonchev–Trinajstić information content (AvgIpc) is 2.76. The average molecular weight is 223 g/mol. The lowest BCUT2D eigenvalue weighted by Crippen LogP contribution is -2.19. The zero-order chi connectivity index (χ0) is 11.6. The van der Waals surface area contributed by atoms with Crippen molar-refractivity contribution in [2.75, 3.05) is 26.8 Å². The van der Waals surface area contributed by atoms with E-state index in [4.69, 9.17) is 4.74 Å². The molecule has 1 rings (SSSR count). The Morgan fingerprint density at radius 3 is 3.06 bits per heavy atom. The van der Waals surface area contributed by atoms with Crippen LogP contribution in [0.2, 0.25) is 0 Å². The molecule has 0 atom stereocenters. The van der Waals surface area contributed by atoms with Crippen molar-refractivity contribution in [3.8, 4) is 0 Å². The van der Waals surface area contributed by atoms with Crippen molar-refractivity contribution < 1.29 is 4.74 Å². The van der Waals surface area contributed by atoms with Gasteiger partial charge in [0.15, 0.2) is 0 Å². The van der Waals surface area contributed by atoms with E-state index < -0.39 is 0 Å². The first-order valence-electron chi connectivity index (χ1n) is 5.75. The highest BCUT2D eigenvalue weighted by Gasteiger charge is 1.91. The third kappa shape index (κ3) is 5.09. The molecule has 0 radical (unpaired) electrons. The van der Waals surface area contributed by atoms with Gasteiger partial charge in [0.25, 0.3) is 0 Å². The molecule has 0 spiro atoms. The molecule has 0 aliphatic rings. The summed E-state index contributed by atoms with van der Waals surface area (Å²) in [5.74, 6) is 0. The van der Waals surface area contributed by atoms with Gasteiger partial charge >= 0.3 is 0 Å². The number of hydrogen-bond acceptors (Lipinski definition) is 3. The van der Waals surface area contributed by atoms with Gasteiger partial charge in [0.05, 0.1) is 12.8 Å². The lowest BCUT2D eigenvalue weighted by Gasteiger charge is -2.00. The van der Waals surface area contributed by atoms with E-state index in [0.29, 0.717) is 0 Å². The van der Waals surface area contributed by atoms with E-state index in [0.717, 1.165) is 32.7 Å². The van der Waals surface area contributed by atoms with Gasteiger partial charge in [-0.3, -0.25) is 4.68 Å². The maximum Gasteiger partial charge on any atom is 0.0587 e. The summed E-state index contributed by atoms with van der Waals surface area (Å²) in [5.41, 5.74) is 1.17. The van der Waals surface area contributed by atoms with Crippen LogP contribution in [0.15, 0.2) is 18.5 Å². The van der Waals surface area contributed by atoms with Crippen LogP contribution >= 0.6 is 0 Å². The molecule has 0 saturated carbocycles. The monoisotopic (exact) mass is 223 g/mol. The Balaban J connectivity index is 2.12. The van der Waals surface area contributed by atoms with E-state index in [1.165, 1.54) is 5.56 Å². The Bertz CT molecular complexity index is 307. The summed E-state index contributed by atoms with van der Waals surface area (Å²) in [6, 6.07) is 0. The van der Waals surface area contributed by atoms with Gasteiger partial charge in [0.2, 0.25) is 0 Å². The molecule has 0 aliphatic heterocycles. The predicted octanol–water partition coefficient (Wildman–Crippen LogP) is 1.54. The summed E-state index contributed by atoms with van der Waals surface area (Å²) >= 11 is 0. The third-order valence-electron chi connectivity index (χ3n) is 2.26. The molecule has 0 amide bonds. The van der Waals surface area contributed by atoms with Gasteiger partial charge in [0, 0.05) is 32.0 Å². The number of nitrogens with zero attached hydrogens (tertiary/aromatic N) is 2. The Hall–Kier alpha value is -1.13. The maximum absolute atomic E-state index is 4.94. The lowest BCUT2D eigenvalue weighted by atomic mass is 10.3. The molecule has 0 fully saturated rings. The van der Waals surface area contributed by atoms with Gasteiger partial charge < -0.3 is 10.1 Å². The number of hydrogen-bond donors (Lipinski definition) is 1. The van der Waals surface area contributed by atoms with E-state index in [-0.39, 0.29) is 0 Å². The van der Waals surface area contributed by atoms with Crippen LogP contribution in [0.4, 0.5) is 0 Å². The van der Waals surface area contributed by atoms with Crippen molar-refractivity contribution in [3.05, 3.63) is 24.0 Å². The summed E-state index contributed by atoms with van der Waals surface area (Å²) in [7, 11) is 1.72. The summed E-state index contributed by atoms with van der Waals surface area (Å²) in [6.45, 7) is 5.68. The number of rotatable bonds is 8. The first kappa shape index (κ1) is 12.9. The minimum Gasteiger partial charge on any atom is -0.383 e. The van der Waals surface area contributed by atoms with E-state index in [9.17, 15) is 0 Å². The molecule has 1 aromatic rings. The van der Waals surface area contributed by atoms with Gasteiger partial charge in [-0.05, 0) is 19.9 Å². The first-order chi connectivity index (χ1) is 7.86. The van der Waals surface area contributed by atoms with Crippen LogP contribution in [-0.4, -0.2) is 36.6 Å². The largest absolute Gasteiger partial charge is 0.383 e. The minimum atomic E-state index is 0.771. The summed E-state index contributed by atoms with van der Waals surface area (Å²) in [5, 5.41) is 7.50. The molecule has 1 N–H and O–H groups in total. The SMILES string of the molecule is CCn1cc(C=CCCNCCOC)cn1. The zero-order valence-electron chi connectivity index (χ0n) is 10.1. The molecule has 0 unspecified atom stereocenters. The van der Waals surface area contributed by atoms with Crippen molar-refractivity contribution in [2.24, 2.45) is 0 Å². The second kappa shape index (κ2) is 8.07. The van der Waals surface area contributed by atoms with Crippen LogP contribution in [0, 0.1) is 0 Å². The van der Waals surface area contributed by atoms with Crippen molar-refractivity contribution in [2.45, 2.75) is 19.9 Å². The molecule has 0 bridgehead atoms. The number of aromatic nitrogens is 2. The normalized spacial score (nSPS) is 11.4. The highest BCUT2D eigenvalue weighted by molar-refractivity contribution is 5.46. The molecular weight excluding hydrogens is 202 g/mol. The molecule has 0 aromatic carbocycles. The highest BCUT2D eigenvalue weighted by atomic mass is 16.5. The second-order valence-corrected chi connectivity index (χ2v) is 3.56. The molecule has 4 nitrogen and oxygen atoms in total. The fourth-order valence-corrected chi connectivity index (χ4v) is 1.34. The van der Waals surface area contributed by atoms with Gasteiger partial charge in [-0.2, -0.15) is 5.10 Å². The number of nitrogens with one attached hydrogen (secondary N) is 1. The van der Waals surface area contributed by atoms with Crippen LogP contribution in [0.5, 0.6) is 0 Å². The molecule has 16 heavy (non-hydrogen) atoms. The summed E-state index contributed by atoms with van der Waals surface area (Å²) < 4.78 is 6.87. The second-order valence-electron chi connectivity index (χ2n) is 3.56. The van der Waals surface area contributed by atoms with Gasteiger partial charge in [-0.25, -0.2) is 0 Å². The van der Waals surface area contributed by atoms with Gasteiger partial charge in [-0.1, -0.05) is 12.2 Å². The van der Waals surface area contributed by atoms with E-state index >= 15 is 0 Å². The lowest BCUT2D eigenvalue weighted by molar-refractivity contribution is 0.199. The molecule has 4 heteroatoms. The van der Waals surface area contributed by atoms with Crippen LogP contribution in [0.25, 0.3) is 6.08 Å². The first-order valence-corrected chi connectivity index (χ1v) is 5.75. The van der Waals surface area contributed by atoms with E-state index in [2.05, 4.69) is 35.7 Å². The number of aryl methyl sites for hydroxylation is 1.